The van der Waals surface area contributed by atoms with Crippen LogP contribution in [0.1, 0.15) is 67.5 Å². The molecule has 2 heterocycles. The molecule has 1 fully saturated rings. The summed E-state index contributed by atoms with van der Waals surface area (Å²) in [6, 6.07) is 7.04. The lowest BCUT2D eigenvalue weighted by atomic mass is 9.77. The van der Waals surface area contributed by atoms with Crippen LogP contribution in [0.3, 0.4) is 0 Å². The molecule has 148 valence electrons. The molecule has 0 bridgehead atoms. The van der Waals surface area contributed by atoms with Gasteiger partial charge in [0, 0.05) is 40.1 Å². The number of H-pyrrole nitrogens is 1. The Kier molecular flexibility index (Phi) is 4.61. The van der Waals surface area contributed by atoms with Crippen molar-refractivity contribution in [3.05, 3.63) is 62.3 Å². The van der Waals surface area contributed by atoms with Gasteiger partial charge in [-0.2, -0.15) is 0 Å². The van der Waals surface area contributed by atoms with Gasteiger partial charge in [-0.3, -0.25) is 9.59 Å². The number of aromatic nitrogens is 2. The maximum Gasteiger partial charge on any atom is 0.254 e. The van der Waals surface area contributed by atoms with Gasteiger partial charge < -0.3 is 9.88 Å². The number of halogens is 1. The fourth-order valence-corrected chi connectivity index (χ4v) is 4.61. The second-order valence-electron chi connectivity index (χ2n) is 9.11. The molecule has 1 spiro atoms. The van der Waals surface area contributed by atoms with E-state index in [2.05, 4.69) is 25.8 Å². The number of hydrogen-bond acceptors (Lipinski definition) is 3. The number of nitrogens with zero attached hydrogens (tertiary/aromatic N) is 2. The zero-order valence-corrected chi connectivity index (χ0v) is 17.4. The molecule has 28 heavy (non-hydrogen) atoms. The summed E-state index contributed by atoms with van der Waals surface area (Å²) in [5.74, 6) is 0.740. The smallest absolute Gasteiger partial charge is 0.254 e. The number of carbonyl (C=O) groups excluding carboxylic acids is 1. The molecule has 1 atom stereocenters. The maximum atomic E-state index is 13.1. The third-order valence-corrected chi connectivity index (χ3v) is 6.29. The Balaban J connectivity index is 1.69. The average Bonchev–Trinajstić information content (AvgIpc) is 3.00. The van der Waals surface area contributed by atoms with Gasteiger partial charge in [-0.15, -0.1) is 0 Å². The van der Waals surface area contributed by atoms with Crippen molar-refractivity contribution < 1.29 is 4.79 Å². The highest BCUT2D eigenvalue weighted by molar-refractivity contribution is 6.30. The first kappa shape index (κ1) is 19.2. The summed E-state index contributed by atoms with van der Waals surface area (Å²) in [6.07, 6.45) is 3.48. The summed E-state index contributed by atoms with van der Waals surface area (Å²) in [4.78, 5) is 35.6. The SMILES string of the molecule is CC(C)(C)c1nc2c(c(=O)[nH]1)CCC21CCCN(C(=O)c2ccc(Cl)cc2)C1. The number of likely N-dealkylation sites (tertiary alicyclic amines) is 1. The van der Waals surface area contributed by atoms with E-state index in [9.17, 15) is 9.59 Å². The second kappa shape index (κ2) is 6.73. The lowest BCUT2D eigenvalue weighted by molar-refractivity contribution is 0.0633. The molecule has 1 aromatic carbocycles. The lowest BCUT2D eigenvalue weighted by Crippen LogP contribution is -2.48. The number of aromatic amines is 1. The number of amides is 1. The zero-order valence-electron chi connectivity index (χ0n) is 16.6. The van der Waals surface area contributed by atoms with Crippen LogP contribution in [-0.2, 0) is 17.3 Å². The molecule has 1 aliphatic carbocycles. The number of fused-ring (bicyclic) bond motifs is 2. The van der Waals surface area contributed by atoms with E-state index in [-0.39, 0.29) is 22.3 Å². The predicted octanol–water partition coefficient (Wildman–Crippen LogP) is 3.84. The molecule has 4 rings (SSSR count). The summed E-state index contributed by atoms with van der Waals surface area (Å²) in [6.45, 7) is 7.50. The van der Waals surface area contributed by atoms with Crippen LogP contribution < -0.4 is 5.56 Å². The van der Waals surface area contributed by atoms with Gasteiger partial charge >= 0.3 is 0 Å². The van der Waals surface area contributed by atoms with Crippen LogP contribution in [0.5, 0.6) is 0 Å². The van der Waals surface area contributed by atoms with Crippen LogP contribution in [0.2, 0.25) is 5.02 Å². The standard InChI is InChI=1S/C22H26ClN3O2/c1-21(2,3)20-24-17-16(18(27)25-20)9-11-22(17)10-4-12-26(13-22)19(28)14-5-7-15(23)8-6-14/h5-8H,4,9-13H2,1-3H3,(H,24,25,27). The van der Waals surface area contributed by atoms with Gasteiger partial charge in [0.2, 0.25) is 0 Å². The van der Waals surface area contributed by atoms with Gasteiger partial charge in [-0.25, -0.2) is 4.98 Å². The van der Waals surface area contributed by atoms with E-state index in [0.29, 0.717) is 17.1 Å². The van der Waals surface area contributed by atoms with Crippen molar-refractivity contribution in [3.63, 3.8) is 0 Å². The molecule has 1 unspecified atom stereocenters. The highest BCUT2D eigenvalue weighted by Gasteiger charge is 2.46. The van der Waals surface area contributed by atoms with Crippen LogP contribution in [0.25, 0.3) is 0 Å². The molecule has 1 saturated heterocycles. The molecule has 1 aromatic heterocycles. The summed E-state index contributed by atoms with van der Waals surface area (Å²) in [5.41, 5.74) is 1.89. The van der Waals surface area contributed by atoms with E-state index in [4.69, 9.17) is 16.6 Å². The maximum absolute atomic E-state index is 13.1. The van der Waals surface area contributed by atoms with Gasteiger partial charge in [0.1, 0.15) is 5.82 Å². The molecule has 1 N–H and O–H groups in total. The Bertz CT molecular complexity index is 975. The molecular weight excluding hydrogens is 374 g/mol. The van der Waals surface area contributed by atoms with Crippen molar-refractivity contribution >= 4 is 17.5 Å². The van der Waals surface area contributed by atoms with Gasteiger partial charge in [-0.05, 0) is 49.9 Å². The Morgan fingerprint density at radius 1 is 1.21 bits per heavy atom. The molecule has 5 nitrogen and oxygen atoms in total. The third kappa shape index (κ3) is 3.26. The highest BCUT2D eigenvalue weighted by Crippen LogP contribution is 2.43. The van der Waals surface area contributed by atoms with E-state index in [0.717, 1.165) is 49.3 Å². The van der Waals surface area contributed by atoms with E-state index in [1.165, 1.54) is 0 Å². The quantitative estimate of drug-likeness (QED) is 0.792. The van der Waals surface area contributed by atoms with Crippen molar-refractivity contribution in [2.24, 2.45) is 0 Å². The molecule has 2 aromatic rings. The van der Waals surface area contributed by atoms with Crippen LogP contribution in [0.4, 0.5) is 0 Å². The van der Waals surface area contributed by atoms with Crippen molar-refractivity contribution in [3.8, 4) is 0 Å². The van der Waals surface area contributed by atoms with Gasteiger partial charge in [0.05, 0.1) is 5.69 Å². The molecule has 2 aliphatic rings. The highest BCUT2D eigenvalue weighted by atomic mass is 35.5. The van der Waals surface area contributed by atoms with Gasteiger partial charge in [0.15, 0.2) is 0 Å². The Morgan fingerprint density at radius 2 is 1.93 bits per heavy atom. The van der Waals surface area contributed by atoms with Crippen molar-refractivity contribution in [1.29, 1.82) is 0 Å². The summed E-state index contributed by atoms with van der Waals surface area (Å²) in [7, 11) is 0. The lowest BCUT2D eigenvalue weighted by Gasteiger charge is -2.40. The van der Waals surface area contributed by atoms with E-state index in [1.54, 1.807) is 24.3 Å². The Hall–Kier alpha value is -2.14. The fourth-order valence-electron chi connectivity index (χ4n) is 4.48. The monoisotopic (exact) mass is 399 g/mol. The fraction of sp³-hybridized carbons (Fsp3) is 0.500. The minimum atomic E-state index is -0.231. The van der Waals surface area contributed by atoms with Crippen LogP contribution in [0.15, 0.2) is 29.1 Å². The van der Waals surface area contributed by atoms with Crippen molar-refractivity contribution in [2.45, 2.75) is 57.3 Å². The number of nitrogens with one attached hydrogen (secondary N) is 1. The second-order valence-corrected chi connectivity index (χ2v) is 9.55. The largest absolute Gasteiger partial charge is 0.338 e. The van der Waals surface area contributed by atoms with E-state index < -0.39 is 0 Å². The topological polar surface area (TPSA) is 66.1 Å². The van der Waals surface area contributed by atoms with Crippen LogP contribution in [-0.4, -0.2) is 33.9 Å². The zero-order chi connectivity index (χ0) is 20.1. The molecule has 0 saturated carbocycles. The number of benzene rings is 1. The van der Waals surface area contributed by atoms with Crippen LogP contribution in [0, 0.1) is 0 Å². The molecule has 0 radical (unpaired) electrons. The first-order valence-corrected chi connectivity index (χ1v) is 10.3. The van der Waals surface area contributed by atoms with Gasteiger partial charge in [0.25, 0.3) is 11.5 Å². The molecule has 1 amide bonds. The third-order valence-electron chi connectivity index (χ3n) is 6.04. The number of rotatable bonds is 1. The number of piperidine rings is 1. The van der Waals surface area contributed by atoms with E-state index >= 15 is 0 Å². The average molecular weight is 400 g/mol. The number of carbonyl (C=O) groups is 1. The summed E-state index contributed by atoms with van der Waals surface area (Å²) < 4.78 is 0. The molecule has 6 heteroatoms. The normalized spacial score (nSPS) is 21.8. The Morgan fingerprint density at radius 3 is 2.61 bits per heavy atom. The molecule has 1 aliphatic heterocycles. The van der Waals surface area contributed by atoms with Crippen LogP contribution >= 0.6 is 11.6 Å². The number of hydrogen-bond donors (Lipinski definition) is 1. The first-order valence-electron chi connectivity index (χ1n) is 9.89. The summed E-state index contributed by atoms with van der Waals surface area (Å²) >= 11 is 5.96. The van der Waals surface area contributed by atoms with Crippen molar-refractivity contribution in [1.82, 2.24) is 14.9 Å². The Labute approximate surface area is 170 Å². The van der Waals surface area contributed by atoms with Gasteiger partial charge in [-0.1, -0.05) is 32.4 Å². The van der Waals surface area contributed by atoms with E-state index in [1.807, 2.05) is 4.90 Å². The van der Waals surface area contributed by atoms with Crippen molar-refractivity contribution in [2.75, 3.05) is 13.1 Å². The minimum absolute atomic E-state index is 0.0186. The molecular formula is C22H26ClN3O2. The minimum Gasteiger partial charge on any atom is -0.338 e. The first-order chi connectivity index (χ1) is 13.2. The predicted molar refractivity (Wildman–Crippen MR) is 110 cm³/mol. The summed E-state index contributed by atoms with van der Waals surface area (Å²) in [5, 5.41) is 0.620.